The number of piperidine rings is 1. The Morgan fingerprint density at radius 3 is 2.90 bits per heavy atom. The summed E-state index contributed by atoms with van der Waals surface area (Å²) in [5.41, 5.74) is 7.28. The van der Waals surface area contributed by atoms with Crippen LogP contribution in [0.3, 0.4) is 0 Å². The molecule has 1 saturated carbocycles. The number of nitrogens with zero attached hydrogens (tertiary/aromatic N) is 3. The van der Waals surface area contributed by atoms with Gasteiger partial charge in [-0.25, -0.2) is 4.98 Å². The summed E-state index contributed by atoms with van der Waals surface area (Å²) in [6, 6.07) is 6.27. The number of pyridine rings is 1. The standard InChI is InChI=1S/C24H28N6O/c1-13-16(3-6-22(26-13)30-11-17-9-18(17)12-30)7-15-8-21(25-10-15)24(31)27-20-5-4-19-14(2)28-29-23(19)20/h3,6,8,10,17-18,20,25H,4-5,7,9,11-12H2,1-2H3,(H,27,31)(H,28,29). The molecule has 6 rings (SSSR count). The van der Waals surface area contributed by atoms with Gasteiger partial charge < -0.3 is 15.2 Å². The molecule has 7 nitrogen and oxygen atoms in total. The van der Waals surface area contributed by atoms with Crippen molar-refractivity contribution >= 4 is 11.7 Å². The van der Waals surface area contributed by atoms with Crippen LogP contribution in [0.15, 0.2) is 24.4 Å². The number of carbonyl (C=O) groups is 1. The van der Waals surface area contributed by atoms with Gasteiger partial charge in [-0.3, -0.25) is 9.89 Å². The van der Waals surface area contributed by atoms with E-state index in [0.29, 0.717) is 5.69 Å². The smallest absolute Gasteiger partial charge is 0.268 e. The molecule has 3 aliphatic rings. The normalized spacial score (nSPS) is 23.7. The van der Waals surface area contributed by atoms with Gasteiger partial charge in [0.2, 0.25) is 0 Å². The van der Waals surface area contributed by atoms with E-state index in [1.54, 1.807) is 0 Å². The topological polar surface area (TPSA) is 89.7 Å². The van der Waals surface area contributed by atoms with E-state index in [4.69, 9.17) is 4.98 Å². The summed E-state index contributed by atoms with van der Waals surface area (Å²) in [6.45, 7) is 6.43. The summed E-state index contributed by atoms with van der Waals surface area (Å²) < 4.78 is 0. The number of carbonyl (C=O) groups excluding carboxylic acids is 1. The highest BCUT2D eigenvalue weighted by molar-refractivity contribution is 5.93. The minimum absolute atomic E-state index is 0.0187. The molecule has 2 fully saturated rings. The van der Waals surface area contributed by atoms with Gasteiger partial charge in [0.15, 0.2) is 0 Å². The quantitative estimate of drug-likeness (QED) is 0.596. The zero-order valence-electron chi connectivity index (χ0n) is 18.0. The van der Waals surface area contributed by atoms with Crippen molar-refractivity contribution < 1.29 is 4.79 Å². The highest BCUT2D eigenvalue weighted by atomic mass is 16.1. The van der Waals surface area contributed by atoms with E-state index in [-0.39, 0.29) is 11.9 Å². The minimum Gasteiger partial charge on any atom is -0.357 e. The van der Waals surface area contributed by atoms with Crippen molar-refractivity contribution in [2.45, 2.75) is 45.6 Å². The average molecular weight is 417 g/mol. The lowest BCUT2D eigenvalue weighted by atomic mass is 10.1. The number of aryl methyl sites for hydroxylation is 2. The van der Waals surface area contributed by atoms with Crippen molar-refractivity contribution in [1.82, 2.24) is 25.5 Å². The molecule has 160 valence electrons. The number of nitrogens with one attached hydrogen (secondary N) is 3. The van der Waals surface area contributed by atoms with Crippen molar-refractivity contribution in [2.75, 3.05) is 18.0 Å². The van der Waals surface area contributed by atoms with Gasteiger partial charge in [0, 0.05) is 37.1 Å². The number of aromatic nitrogens is 4. The molecule has 3 N–H and O–H groups in total. The molecule has 7 heteroatoms. The molecular weight excluding hydrogens is 388 g/mol. The second kappa shape index (κ2) is 6.97. The fourth-order valence-electron chi connectivity index (χ4n) is 5.29. The van der Waals surface area contributed by atoms with Gasteiger partial charge >= 0.3 is 0 Å². The lowest BCUT2D eigenvalue weighted by Gasteiger charge is -2.20. The van der Waals surface area contributed by atoms with Crippen LogP contribution >= 0.6 is 0 Å². The third kappa shape index (κ3) is 3.32. The summed E-state index contributed by atoms with van der Waals surface area (Å²) in [7, 11) is 0. The molecule has 4 heterocycles. The molecule has 1 aliphatic heterocycles. The third-order valence-corrected chi connectivity index (χ3v) is 7.29. The molecule has 0 bridgehead atoms. The Morgan fingerprint density at radius 2 is 2.10 bits per heavy atom. The van der Waals surface area contributed by atoms with Crippen LogP contribution in [0.1, 0.15) is 63.1 Å². The molecule has 0 spiro atoms. The molecule has 3 aromatic rings. The zero-order valence-corrected chi connectivity index (χ0v) is 18.0. The highest BCUT2D eigenvalue weighted by Crippen LogP contribution is 2.46. The SMILES string of the molecule is Cc1nc(N2CC3CC3C2)ccc1Cc1c[nH]c(C(=O)NC2CCc3c2n[nH]c3C)c1. The number of H-pyrrole nitrogens is 2. The van der Waals surface area contributed by atoms with Crippen molar-refractivity contribution in [3.63, 3.8) is 0 Å². The van der Waals surface area contributed by atoms with Gasteiger partial charge in [-0.1, -0.05) is 6.07 Å². The predicted octanol–water partition coefficient (Wildman–Crippen LogP) is 3.21. The van der Waals surface area contributed by atoms with E-state index in [0.717, 1.165) is 72.7 Å². The van der Waals surface area contributed by atoms with Gasteiger partial charge in [-0.2, -0.15) is 5.10 Å². The van der Waals surface area contributed by atoms with Crippen molar-refractivity contribution in [3.05, 3.63) is 63.9 Å². The van der Waals surface area contributed by atoms with Gasteiger partial charge in [-0.05, 0) is 73.8 Å². The molecular formula is C24H28N6O. The second-order valence-electron chi connectivity index (χ2n) is 9.45. The Hall–Kier alpha value is -3.09. The number of amides is 1. The maximum Gasteiger partial charge on any atom is 0.268 e. The van der Waals surface area contributed by atoms with Gasteiger partial charge in [0.1, 0.15) is 11.5 Å². The maximum atomic E-state index is 12.8. The first-order chi connectivity index (χ1) is 15.0. The van der Waals surface area contributed by atoms with E-state index in [1.807, 2.05) is 19.2 Å². The monoisotopic (exact) mass is 416 g/mol. The molecule has 0 aromatic carbocycles. The van der Waals surface area contributed by atoms with Crippen LogP contribution in [0.2, 0.25) is 0 Å². The van der Waals surface area contributed by atoms with Gasteiger partial charge in [0.25, 0.3) is 5.91 Å². The van der Waals surface area contributed by atoms with Gasteiger partial charge in [0.05, 0.1) is 11.7 Å². The molecule has 3 aromatic heterocycles. The Morgan fingerprint density at radius 1 is 1.26 bits per heavy atom. The lowest BCUT2D eigenvalue weighted by Crippen LogP contribution is -2.27. The third-order valence-electron chi connectivity index (χ3n) is 7.29. The van der Waals surface area contributed by atoms with E-state index in [2.05, 4.69) is 44.5 Å². The molecule has 0 radical (unpaired) electrons. The molecule has 3 atom stereocenters. The summed E-state index contributed by atoms with van der Waals surface area (Å²) in [4.78, 5) is 23.2. The Labute approximate surface area is 181 Å². The van der Waals surface area contributed by atoms with Crippen LogP contribution in [-0.4, -0.2) is 39.2 Å². The number of fused-ring (bicyclic) bond motifs is 2. The summed E-state index contributed by atoms with van der Waals surface area (Å²) >= 11 is 0. The Balaban J connectivity index is 1.12. The summed E-state index contributed by atoms with van der Waals surface area (Å²) in [5, 5.41) is 10.5. The zero-order chi connectivity index (χ0) is 21.1. The van der Waals surface area contributed by atoms with Crippen LogP contribution in [0.5, 0.6) is 0 Å². The highest BCUT2D eigenvalue weighted by Gasteiger charge is 2.45. The van der Waals surface area contributed by atoms with E-state index < -0.39 is 0 Å². The van der Waals surface area contributed by atoms with Gasteiger partial charge in [-0.15, -0.1) is 0 Å². The first kappa shape index (κ1) is 18.7. The lowest BCUT2D eigenvalue weighted by molar-refractivity contribution is 0.0931. The molecule has 1 amide bonds. The molecule has 3 unspecified atom stereocenters. The fourth-order valence-corrected chi connectivity index (χ4v) is 5.29. The summed E-state index contributed by atoms with van der Waals surface area (Å²) in [5.74, 6) is 2.83. The maximum absolute atomic E-state index is 12.8. The van der Waals surface area contributed by atoms with E-state index in [1.165, 1.54) is 17.5 Å². The summed E-state index contributed by atoms with van der Waals surface area (Å²) in [6.07, 6.45) is 5.96. The first-order valence-corrected chi connectivity index (χ1v) is 11.3. The van der Waals surface area contributed by atoms with Crippen LogP contribution in [0.25, 0.3) is 0 Å². The van der Waals surface area contributed by atoms with Crippen LogP contribution in [-0.2, 0) is 12.8 Å². The average Bonchev–Trinajstić information content (AvgIpc) is 3.22. The number of hydrogen-bond donors (Lipinski definition) is 3. The van der Waals surface area contributed by atoms with E-state index >= 15 is 0 Å². The number of aromatic amines is 2. The van der Waals surface area contributed by atoms with E-state index in [9.17, 15) is 4.79 Å². The number of anilines is 1. The van der Waals surface area contributed by atoms with Crippen molar-refractivity contribution in [3.8, 4) is 0 Å². The largest absolute Gasteiger partial charge is 0.357 e. The second-order valence-corrected chi connectivity index (χ2v) is 9.45. The Kier molecular flexibility index (Phi) is 4.20. The van der Waals surface area contributed by atoms with Crippen LogP contribution in [0.4, 0.5) is 5.82 Å². The van der Waals surface area contributed by atoms with Crippen LogP contribution < -0.4 is 10.2 Å². The predicted molar refractivity (Wildman–Crippen MR) is 118 cm³/mol. The van der Waals surface area contributed by atoms with Crippen molar-refractivity contribution in [1.29, 1.82) is 0 Å². The van der Waals surface area contributed by atoms with Crippen molar-refractivity contribution in [2.24, 2.45) is 11.8 Å². The molecule has 2 aliphatic carbocycles. The number of hydrogen-bond acceptors (Lipinski definition) is 4. The van der Waals surface area contributed by atoms with Crippen LogP contribution in [0, 0.1) is 25.7 Å². The Bertz CT molecular complexity index is 1150. The molecule has 1 saturated heterocycles. The molecule has 31 heavy (non-hydrogen) atoms. The minimum atomic E-state index is -0.0810. The fraction of sp³-hybridized carbons (Fsp3) is 0.458. The first-order valence-electron chi connectivity index (χ1n) is 11.3. The number of rotatable bonds is 5.